The van der Waals surface area contributed by atoms with Crippen molar-refractivity contribution >= 4 is 11.5 Å². The lowest BCUT2D eigenvalue weighted by Gasteiger charge is -2.30. The van der Waals surface area contributed by atoms with Gasteiger partial charge in [-0.3, -0.25) is 4.79 Å². The van der Waals surface area contributed by atoms with Crippen LogP contribution in [-0.2, 0) is 4.79 Å². The molecule has 1 aliphatic heterocycles. The van der Waals surface area contributed by atoms with E-state index >= 15 is 0 Å². The zero-order valence-electron chi connectivity index (χ0n) is 17.6. The van der Waals surface area contributed by atoms with E-state index in [4.69, 9.17) is 18.9 Å². The van der Waals surface area contributed by atoms with Gasteiger partial charge in [-0.2, -0.15) is 0 Å². The SMILES string of the molecule is COc1cc(OC)c(C2=CCN(C(=O)C(C)Oc3ccc(F)cc3)CC2)c(OC)c1. The van der Waals surface area contributed by atoms with Crippen LogP contribution in [-0.4, -0.2) is 51.3 Å². The quantitative estimate of drug-likeness (QED) is 0.686. The van der Waals surface area contributed by atoms with Gasteiger partial charge in [-0.1, -0.05) is 6.08 Å². The number of carbonyl (C=O) groups is 1. The molecule has 0 saturated heterocycles. The first-order valence-corrected chi connectivity index (χ1v) is 9.67. The van der Waals surface area contributed by atoms with Crippen molar-refractivity contribution in [1.29, 1.82) is 0 Å². The number of ether oxygens (including phenoxy) is 4. The number of hydrogen-bond acceptors (Lipinski definition) is 5. The smallest absolute Gasteiger partial charge is 0.263 e. The predicted molar refractivity (Wildman–Crippen MR) is 112 cm³/mol. The summed E-state index contributed by atoms with van der Waals surface area (Å²) in [5, 5.41) is 0. The van der Waals surface area contributed by atoms with E-state index in [0.717, 1.165) is 11.1 Å². The maximum absolute atomic E-state index is 13.0. The zero-order chi connectivity index (χ0) is 21.7. The fourth-order valence-corrected chi connectivity index (χ4v) is 3.44. The molecule has 2 aromatic carbocycles. The van der Waals surface area contributed by atoms with Crippen LogP contribution in [0, 0.1) is 5.82 Å². The molecule has 1 heterocycles. The standard InChI is InChI=1S/C23H26FNO5/c1-15(30-18-7-5-17(24)6-8-18)23(26)25-11-9-16(10-12-25)22-20(28-3)13-19(27-2)14-21(22)29-4/h5-9,13-15H,10-12H2,1-4H3. The number of benzene rings is 2. The fourth-order valence-electron chi connectivity index (χ4n) is 3.44. The molecule has 7 heteroatoms. The molecule has 2 aromatic rings. The van der Waals surface area contributed by atoms with Gasteiger partial charge in [-0.25, -0.2) is 4.39 Å². The molecule has 0 spiro atoms. The van der Waals surface area contributed by atoms with E-state index in [0.29, 0.717) is 42.5 Å². The van der Waals surface area contributed by atoms with E-state index in [1.165, 1.54) is 24.3 Å². The van der Waals surface area contributed by atoms with Gasteiger partial charge in [0.1, 0.15) is 28.8 Å². The maximum Gasteiger partial charge on any atom is 0.263 e. The molecule has 1 aliphatic rings. The van der Waals surface area contributed by atoms with E-state index in [1.807, 2.05) is 18.2 Å². The van der Waals surface area contributed by atoms with Gasteiger partial charge >= 0.3 is 0 Å². The number of halogens is 1. The van der Waals surface area contributed by atoms with Crippen LogP contribution in [0.2, 0.25) is 0 Å². The summed E-state index contributed by atoms with van der Waals surface area (Å²) in [5.41, 5.74) is 1.91. The lowest BCUT2D eigenvalue weighted by molar-refractivity contribution is -0.137. The van der Waals surface area contributed by atoms with E-state index < -0.39 is 6.10 Å². The van der Waals surface area contributed by atoms with Gasteiger partial charge in [0.05, 0.1) is 26.9 Å². The van der Waals surface area contributed by atoms with Crippen molar-refractivity contribution in [3.05, 3.63) is 53.9 Å². The molecule has 1 atom stereocenters. The second-order valence-electron chi connectivity index (χ2n) is 6.88. The van der Waals surface area contributed by atoms with Crippen molar-refractivity contribution < 1.29 is 28.1 Å². The van der Waals surface area contributed by atoms with Gasteiger partial charge in [0.2, 0.25) is 0 Å². The van der Waals surface area contributed by atoms with Crippen LogP contribution in [0.1, 0.15) is 18.9 Å². The minimum atomic E-state index is -0.671. The Kier molecular flexibility index (Phi) is 6.82. The lowest BCUT2D eigenvalue weighted by Crippen LogP contribution is -2.42. The van der Waals surface area contributed by atoms with Gasteiger partial charge in [0.15, 0.2) is 6.10 Å². The number of methoxy groups -OCH3 is 3. The molecule has 0 radical (unpaired) electrons. The van der Waals surface area contributed by atoms with Crippen LogP contribution < -0.4 is 18.9 Å². The molecule has 6 nitrogen and oxygen atoms in total. The van der Waals surface area contributed by atoms with Crippen molar-refractivity contribution in [3.8, 4) is 23.0 Å². The minimum absolute atomic E-state index is 0.122. The van der Waals surface area contributed by atoms with Gasteiger partial charge in [-0.05, 0) is 43.2 Å². The summed E-state index contributed by atoms with van der Waals surface area (Å²) in [7, 11) is 4.79. The number of rotatable bonds is 7. The molecular formula is C23H26FNO5. The summed E-state index contributed by atoms with van der Waals surface area (Å²) in [6, 6.07) is 9.25. The number of nitrogens with zero attached hydrogens (tertiary/aromatic N) is 1. The summed E-state index contributed by atoms with van der Waals surface area (Å²) >= 11 is 0. The Hall–Kier alpha value is -3.22. The van der Waals surface area contributed by atoms with Crippen molar-refractivity contribution in [3.63, 3.8) is 0 Å². The lowest BCUT2D eigenvalue weighted by atomic mass is 9.97. The van der Waals surface area contributed by atoms with Crippen LogP contribution in [0.15, 0.2) is 42.5 Å². The summed E-state index contributed by atoms with van der Waals surface area (Å²) < 4.78 is 35.1. The highest BCUT2D eigenvalue weighted by Crippen LogP contribution is 2.40. The van der Waals surface area contributed by atoms with Crippen LogP contribution >= 0.6 is 0 Å². The molecule has 0 aliphatic carbocycles. The summed E-state index contributed by atoms with van der Waals surface area (Å²) in [5.74, 6) is 1.95. The molecule has 0 aromatic heterocycles. The maximum atomic E-state index is 13.0. The first kappa shape index (κ1) is 21.5. The van der Waals surface area contributed by atoms with Gasteiger partial charge < -0.3 is 23.8 Å². The Morgan fingerprint density at radius 3 is 2.13 bits per heavy atom. The molecule has 0 N–H and O–H groups in total. The Bertz CT molecular complexity index is 901. The fraction of sp³-hybridized carbons (Fsp3) is 0.348. The largest absolute Gasteiger partial charge is 0.496 e. The van der Waals surface area contributed by atoms with Gasteiger partial charge in [0.25, 0.3) is 5.91 Å². The topological polar surface area (TPSA) is 57.2 Å². The second-order valence-corrected chi connectivity index (χ2v) is 6.88. The normalized spacial score (nSPS) is 14.6. The Balaban J connectivity index is 1.73. The minimum Gasteiger partial charge on any atom is -0.496 e. The molecule has 160 valence electrons. The Labute approximate surface area is 175 Å². The highest BCUT2D eigenvalue weighted by molar-refractivity contribution is 5.83. The van der Waals surface area contributed by atoms with E-state index in [1.54, 1.807) is 33.2 Å². The Morgan fingerprint density at radius 2 is 1.63 bits per heavy atom. The van der Waals surface area contributed by atoms with E-state index in [9.17, 15) is 9.18 Å². The third-order valence-electron chi connectivity index (χ3n) is 5.03. The van der Waals surface area contributed by atoms with Crippen molar-refractivity contribution in [2.45, 2.75) is 19.4 Å². The molecule has 1 amide bonds. The third-order valence-corrected chi connectivity index (χ3v) is 5.03. The van der Waals surface area contributed by atoms with Crippen LogP contribution in [0.3, 0.4) is 0 Å². The first-order chi connectivity index (χ1) is 14.5. The predicted octanol–water partition coefficient (Wildman–Crippen LogP) is 3.93. The van der Waals surface area contributed by atoms with E-state index in [-0.39, 0.29) is 11.7 Å². The monoisotopic (exact) mass is 415 g/mol. The average Bonchev–Trinajstić information content (AvgIpc) is 2.79. The van der Waals surface area contributed by atoms with E-state index in [2.05, 4.69) is 0 Å². The van der Waals surface area contributed by atoms with Gasteiger partial charge in [-0.15, -0.1) is 0 Å². The molecule has 0 bridgehead atoms. The highest BCUT2D eigenvalue weighted by atomic mass is 19.1. The third kappa shape index (κ3) is 4.67. The van der Waals surface area contributed by atoms with Crippen molar-refractivity contribution in [1.82, 2.24) is 4.90 Å². The molecule has 30 heavy (non-hydrogen) atoms. The summed E-state index contributed by atoms with van der Waals surface area (Å²) in [6.07, 6.45) is 1.97. The second kappa shape index (κ2) is 9.52. The number of hydrogen-bond donors (Lipinski definition) is 0. The highest BCUT2D eigenvalue weighted by Gasteiger charge is 2.26. The number of amides is 1. The first-order valence-electron chi connectivity index (χ1n) is 9.67. The molecule has 1 unspecified atom stereocenters. The van der Waals surface area contributed by atoms with Crippen LogP contribution in [0.5, 0.6) is 23.0 Å². The van der Waals surface area contributed by atoms with Crippen LogP contribution in [0.4, 0.5) is 4.39 Å². The molecule has 3 rings (SSSR count). The molecule has 0 fully saturated rings. The summed E-state index contributed by atoms with van der Waals surface area (Å²) in [4.78, 5) is 14.5. The Morgan fingerprint density at radius 1 is 1.00 bits per heavy atom. The van der Waals surface area contributed by atoms with Crippen LogP contribution in [0.25, 0.3) is 5.57 Å². The zero-order valence-corrected chi connectivity index (χ0v) is 17.6. The van der Waals surface area contributed by atoms with Gasteiger partial charge in [0, 0.05) is 25.2 Å². The van der Waals surface area contributed by atoms with Crippen molar-refractivity contribution in [2.75, 3.05) is 34.4 Å². The summed E-state index contributed by atoms with van der Waals surface area (Å²) in [6.45, 7) is 2.68. The number of carbonyl (C=O) groups excluding carboxylic acids is 1. The molecular weight excluding hydrogens is 389 g/mol. The average molecular weight is 415 g/mol. The van der Waals surface area contributed by atoms with Crippen molar-refractivity contribution in [2.24, 2.45) is 0 Å². The molecule has 0 saturated carbocycles.